The predicted octanol–water partition coefficient (Wildman–Crippen LogP) is 1.68. The molecule has 0 aromatic carbocycles. The van der Waals surface area contributed by atoms with E-state index < -0.39 is 11.9 Å². The lowest BCUT2D eigenvalue weighted by atomic mass is 10.1. The molecule has 1 aliphatic heterocycles. The Morgan fingerprint density at radius 1 is 1.27 bits per heavy atom. The maximum atomic E-state index is 11.3. The largest absolute Gasteiger partial charge is 0.386 e. The minimum absolute atomic E-state index is 0.326. The van der Waals surface area contributed by atoms with Crippen molar-refractivity contribution in [2.75, 3.05) is 0 Å². The van der Waals surface area contributed by atoms with Gasteiger partial charge in [-0.15, -0.1) is 0 Å². The van der Waals surface area contributed by atoms with Crippen molar-refractivity contribution in [2.24, 2.45) is 5.92 Å². The summed E-state index contributed by atoms with van der Waals surface area (Å²) in [4.78, 5) is 22.1. The number of cyclic esters (lactones) is 2. The van der Waals surface area contributed by atoms with Crippen LogP contribution >= 0.6 is 0 Å². The van der Waals surface area contributed by atoms with E-state index in [9.17, 15) is 9.59 Å². The minimum atomic E-state index is -0.592. The average Bonchev–Trinajstić information content (AvgIpc) is 2.39. The first-order valence-corrected chi connectivity index (χ1v) is 4.72. The second-order valence-electron chi connectivity index (χ2n) is 3.49. The molecule has 0 radical (unpaired) electrons. The molecular weight excluding hydrogens is 192 g/mol. The Bertz CT molecular complexity index is 436. The van der Waals surface area contributed by atoms with Crippen LogP contribution in [0.3, 0.4) is 0 Å². The maximum absolute atomic E-state index is 11.3. The van der Waals surface area contributed by atoms with E-state index in [0.717, 1.165) is 0 Å². The van der Waals surface area contributed by atoms with Crippen LogP contribution in [0.4, 0.5) is 0 Å². The topological polar surface area (TPSA) is 43.4 Å². The lowest BCUT2D eigenvalue weighted by Crippen LogP contribution is -2.02. The first kappa shape index (κ1) is 9.65. The molecule has 0 aromatic heterocycles. The zero-order valence-corrected chi connectivity index (χ0v) is 8.27. The van der Waals surface area contributed by atoms with Crippen LogP contribution in [0.2, 0.25) is 0 Å². The summed E-state index contributed by atoms with van der Waals surface area (Å²) >= 11 is 0. The molecule has 0 bridgehead atoms. The van der Waals surface area contributed by atoms with Crippen LogP contribution in [0.1, 0.15) is 6.92 Å². The Morgan fingerprint density at radius 3 is 2.73 bits per heavy atom. The third kappa shape index (κ3) is 1.96. The van der Waals surface area contributed by atoms with E-state index in [-0.39, 0.29) is 0 Å². The number of ether oxygens (including phenoxy) is 1. The second kappa shape index (κ2) is 3.69. The molecule has 76 valence electrons. The number of rotatable bonds is 1. The quantitative estimate of drug-likeness (QED) is 0.480. The molecule has 2 rings (SSSR count). The van der Waals surface area contributed by atoms with Gasteiger partial charge in [-0.25, -0.2) is 9.59 Å². The molecule has 0 N–H and O–H groups in total. The lowest BCUT2D eigenvalue weighted by Gasteiger charge is -1.98. The lowest BCUT2D eigenvalue weighted by molar-refractivity contribution is -0.150. The highest BCUT2D eigenvalue weighted by Gasteiger charge is 2.25. The number of hydrogen-bond donors (Lipinski definition) is 0. The fraction of sp³-hybridized carbons (Fsp3) is 0.167. The van der Waals surface area contributed by atoms with E-state index in [1.165, 1.54) is 6.08 Å². The molecule has 1 aliphatic carbocycles. The van der Waals surface area contributed by atoms with E-state index in [4.69, 9.17) is 0 Å². The van der Waals surface area contributed by atoms with Crippen molar-refractivity contribution in [1.29, 1.82) is 0 Å². The number of esters is 2. The van der Waals surface area contributed by atoms with Crippen molar-refractivity contribution in [3.05, 3.63) is 47.6 Å². The van der Waals surface area contributed by atoms with Crippen LogP contribution in [0.15, 0.2) is 47.6 Å². The number of carbonyl (C=O) groups is 2. The highest BCUT2D eigenvalue weighted by Crippen LogP contribution is 2.21. The van der Waals surface area contributed by atoms with Gasteiger partial charge in [-0.05, 0) is 11.5 Å². The fourth-order valence-electron chi connectivity index (χ4n) is 1.44. The Hall–Kier alpha value is -1.90. The summed E-state index contributed by atoms with van der Waals surface area (Å²) in [6, 6.07) is 0. The molecule has 3 heteroatoms. The van der Waals surface area contributed by atoms with Gasteiger partial charge in [0.1, 0.15) is 0 Å². The fourth-order valence-corrected chi connectivity index (χ4v) is 1.44. The van der Waals surface area contributed by atoms with Gasteiger partial charge in [0.25, 0.3) is 0 Å². The summed E-state index contributed by atoms with van der Waals surface area (Å²) in [7, 11) is 0. The van der Waals surface area contributed by atoms with Crippen molar-refractivity contribution in [2.45, 2.75) is 6.92 Å². The minimum Gasteiger partial charge on any atom is -0.386 e. The Morgan fingerprint density at radius 2 is 2.07 bits per heavy atom. The van der Waals surface area contributed by atoms with Crippen molar-refractivity contribution in [3.8, 4) is 0 Å². The molecule has 0 spiro atoms. The summed E-state index contributed by atoms with van der Waals surface area (Å²) in [6.45, 7) is 2.04. The smallest absolute Gasteiger partial charge is 0.346 e. The summed E-state index contributed by atoms with van der Waals surface area (Å²) in [5, 5.41) is 0. The number of hydrogen-bond acceptors (Lipinski definition) is 3. The van der Waals surface area contributed by atoms with Crippen molar-refractivity contribution in [1.82, 2.24) is 0 Å². The Kier molecular flexibility index (Phi) is 2.37. The first-order chi connectivity index (χ1) is 7.16. The molecule has 3 nitrogen and oxygen atoms in total. The van der Waals surface area contributed by atoms with E-state index in [1.54, 1.807) is 6.08 Å². The molecule has 0 saturated heterocycles. The van der Waals surface area contributed by atoms with Crippen molar-refractivity contribution >= 4 is 11.9 Å². The van der Waals surface area contributed by atoms with E-state index in [2.05, 4.69) is 4.74 Å². The molecule has 1 unspecified atom stereocenters. The van der Waals surface area contributed by atoms with Gasteiger partial charge in [-0.2, -0.15) is 0 Å². The average molecular weight is 202 g/mol. The van der Waals surface area contributed by atoms with Gasteiger partial charge in [-0.1, -0.05) is 37.3 Å². The van der Waals surface area contributed by atoms with Gasteiger partial charge in [-0.3, -0.25) is 0 Å². The van der Waals surface area contributed by atoms with E-state index >= 15 is 0 Å². The van der Waals surface area contributed by atoms with Gasteiger partial charge < -0.3 is 4.74 Å². The molecule has 0 amide bonds. The van der Waals surface area contributed by atoms with Crippen LogP contribution < -0.4 is 0 Å². The second-order valence-corrected chi connectivity index (χ2v) is 3.49. The van der Waals surface area contributed by atoms with Crippen LogP contribution in [0.5, 0.6) is 0 Å². The third-order valence-electron chi connectivity index (χ3n) is 2.26. The van der Waals surface area contributed by atoms with Gasteiger partial charge in [0.2, 0.25) is 0 Å². The SMILES string of the molecule is CC1C=CC=C(C2=CC(=O)OC2=O)C=C1. The van der Waals surface area contributed by atoms with E-state index in [0.29, 0.717) is 17.1 Å². The summed E-state index contributed by atoms with van der Waals surface area (Å²) in [5.41, 5.74) is 1.04. The molecule has 1 atom stereocenters. The standard InChI is InChI=1S/C12H10O3/c1-8-3-2-4-9(6-5-8)10-7-11(13)15-12(10)14/h2-8H,1H3. The maximum Gasteiger partial charge on any atom is 0.346 e. The molecule has 1 heterocycles. The monoisotopic (exact) mass is 202 g/mol. The van der Waals surface area contributed by atoms with Gasteiger partial charge in [0.05, 0.1) is 5.57 Å². The first-order valence-electron chi connectivity index (χ1n) is 4.72. The summed E-state index contributed by atoms with van der Waals surface area (Å²) in [6.07, 6.45) is 10.7. The predicted molar refractivity (Wildman–Crippen MR) is 54.7 cm³/mol. The summed E-state index contributed by atoms with van der Waals surface area (Å²) in [5.74, 6) is -0.836. The molecule has 15 heavy (non-hydrogen) atoms. The summed E-state index contributed by atoms with van der Waals surface area (Å²) < 4.78 is 4.43. The Balaban J connectivity index is 2.33. The van der Waals surface area contributed by atoms with Gasteiger partial charge in [0, 0.05) is 6.08 Å². The number of carbonyl (C=O) groups excluding carboxylic acids is 2. The van der Waals surface area contributed by atoms with Crippen LogP contribution in [0.25, 0.3) is 0 Å². The molecule has 2 aliphatic rings. The van der Waals surface area contributed by atoms with Crippen molar-refractivity contribution in [3.63, 3.8) is 0 Å². The van der Waals surface area contributed by atoms with Gasteiger partial charge in [0.15, 0.2) is 0 Å². The molecule has 0 saturated carbocycles. The van der Waals surface area contributed by atoms with Crippen molar-refractivity contribution < 1.29 is 14.3 Å². The highest BCUT2D eigenvalue weighted by molar-refractivity contribution is 6.12. The molecule has 0 fully saturated rings. The van der Waals surface area contributed by atoms with Crippen LogP contribution in [0, 0.1) is 5.92 Å². The van der Waals surface area contributed by atoms with Crippen LogP contribution in [-0.4, -0.2) is 11.9 Å². The zero-order chi connectivity index (χ0) is 10.8. The van der Waals surface area contributed by atoms with Crippen LogP contribution in [-0.2, 0) is 14.3 Å². The Labute approximate surface area is 87.4 Å². The normalized spacial score (nSPS) is 24.7. The highest BCUT2D eigenvalue weighted by atomic mass is 16.6. The zero-order valence-electron chi connectivity index (χ0n) is 8.27. The number of allylic oxidation sites excluding steroid dienone is 5. The molecule has 0 aromatic rings. The third-order valence-corrected chi connectivity index (χ3v) is 2.26. The molecular formula is C12H10O3. The van der Waals surface area contributed by atoms with Gasteiger partial charge >= 0.3 is 11.9 Å². The van der Waals surface area contributed by atoms with E-state index in [1.807, 2.05) is 31.2 Å².